The molecule has 9 nitrogen and oxygen atoms in total. The summed E-state index contributed by atoms with van der Waals surface area (Å²) < 4.78 is 0. The van der Waals surface area contributed by atoms with Crippen LogP contribution in [0, 0.1) is 0 Å². The topological polar surface area (TPSA) is 131 Å². The second-order valence-corrected chi connectivity index (χ2v) is 4.18. The molecule has 3 N–H and O–H groups in total. The number of nitrogens with zero attached hydrogens (tertiary/aromatic N) is 3. The van der Waals surface area contributed by atoms with E-state index in [0.717, 1.165) is 25.9 Å². The van der Waals surface area contributed by atoms with E-state index in [9.17, 15) is 19.5 Å². The Morgan fingerprint density at radius 1 is 1.26 bits per heavy atom. The van der Waals surface area contributed by atoms with E-state index in [0.29, 0.717) is 0 Å². The predicted molar refractivity (Wildman–Crippen MR) is 64.5 cm³/mol. The predicted octanol–water partition coefficient (Wildman–Crippen LogP) is -0.525. The Morgan fingerprint density at radius 2 is 1.95 bits per heavy atom. The zero-order valence-corrected chi connectivity index (χ0v) is 10.0. The molecule has 0 saturated carbocycles. The Balaban J connectivity index is 2.08. The first-order chi connectivity index (χ1) is 9.06. The molecule has 1 amide bonds. The molecule has 2 heterocycles. The first-order valence-electron chi connectivity index (χ1n) is 5.79. The van der Waals surface area contributed by atoms with Crippen LogP contribution in [-0.4, -0.2) is 45.5 Å². The minimum absolute atomic E-state index is 0.130. The molecular weight excluding hydrogens is 254 g/mol. The van der Waals surface area contributed by atoms with Crippen LogP contribution in [0.15, 0.2) is 19.8 Å². The van der Waals surface area contributed by atoms with Crippen molar-refractivity contribution in [3.8, 4) is 5.88 Å². The normalized spacial score (nSPS) is 16.2. The standard InChI is InChI=1S/C10H13N5O4/c16-6(5-15-3-1-2-4-15)13-14-7-8(17)11-10(19)12-9(7)18/h1-5H2,(H3,11,12,17,18,19). The summed E-state index contributed by atoms with van der Waals surface area (Å²) in [5.41, 5.74) is -2.25. The van der Waals surface area contributed by atoms with Gasteiger partial charge in [-0.05, 0) is 25.9 Å². The largest absolute Gasteiger partial charge is 0.493 e. The molecule has 1 fully saturated rings. The average Bonchev–Trinajstić information content (AvgIpc) is 2.80. The molecule has 0 aliphatic carbocycles. The van der Waals surface area contributed by atoms with Gasteiger partial charge >= 0.3 is 5.69 Å². The highest BCUT2D eigenvalue weighted by Crippen LogP contribution is 2.15. The second-order valence-electron chi connectivity index (χ2n) is 4.18. The van der Waals surface area contributed by atoms with E-state index in [-0.39, 0.29) is 6.54 Å². The number of rotatable bonds is 3. The van der Waals surface area contributed by atoms with Crippen LogP contribution in [0.5, 0.6) is 5.88 Å². The van der Waals surface area contributed by atoms with Crippen LogP contribution in [0.2, 0.25) is 0 Å². The molecule has 0 bridgehead atoms. The van der Waals surface area contributed by atoms with Crippen molar-refractivity contribution in [1.29, 1.82) is 0 Å². The third-order valence-corrected chi connectivity index (χ3v) is 2.72. The lowest BCUT2D eigenvalue weighted by Gasteiger charge is -2.09. The molecule has 1 aliphatic heterocycles. The zero-order chi connectivity index (χ0) is 13.8. The highest BCUT2D eigenvalue weighted by atomic mass is 16.3. The average molecular weight is 267 g/mol. The van der Waals surface area contributed by atoms with Crippen molar-refractivity contribution in [2.45, 2.75) is 12.8 Å². The van der Waals surface area contributed by atoms with Gasteiger partial charge in [0.15, 0.2) is 0 Å². The first-order valence-corrected chi connectivity index (χ1v) is 5.79. The Labute approximate surface area is 107 Å². The van der Waals surface area contributed by atoms with Gasteiger partial charge in [0.1, 0.15) is 0 Å². The highest BCUT2D eigenvalue weighted by Gasteiger charge is 2.15. The number of carbonyl (C=O) groups excluding carboxylic acids is 1. The van der Waals surface area contributed by atoms with Gasteiger partial charge in [-0.2, -0.15) is 0 Å². The SMILES string of the molecule is O=C(CN1CCCC1)N=Nc1c(O)[nH]c(=O)[nH]c1=O. The number of likely N-dealkylation sites (tertiary alicyclic amines) is 1. The van der Waals surface area contributed by atoms with Gasteiger partial charge in [-0.1, -0.05) is 0 Å². The van der Waals surface area contributed by atoms with Gasteiger partial charge in [0.25, 0.3) is 11.5 Å². The summed E-state index contributed by atoms with van der Waals surface area (Å²) in [7, 11) is 0. The summed E-state index contributed by atoms with van der Waals surface area (Å²) in [6.45, 7) is 1.81. The van der Waals surface area contributed by atoms with E-state index in [2.05, 4.69) is 10.2 Å². The van der Waals surface area contributed by atoms with Gasteiger partial charge in [-0.25, -0.2) is 4.79 Å². The fraction of sp³-hybridized carbons (Fsp3) is 0.500. The van der Waals surface area contributed by atoms with Crippen LogP contribution in [0.3, 0.4) is 0 Å². The van der Waals surface area contributed by atoms with E-state index in [4.69, 9.17) is 0 Å². The number of azo groups is 1. The second kappa shape index (κ2) is 5.57. The molecule has 0 atom stereocenters. The van der Waals surface area contributed by atoms with Crippen LogP contribution < -0.4 is 11.2 Å². The van der Waals surface area contributed by atoms with E-state index in [1.54, 1.807) is 0 Å². The minimum atomic E-state index is -0.904. The number of nitrogens with one attached hydrogen (secondary N) is 2. The third kappa shape index (κ3) is 3.35. The van der Waals surface area contributed by atoms with Crippen LogP contribution in [-0.2, 0) is 4.79 Å². The maximum Gasteiger partial charge on any atom is 0.328 e. The molecule has 1 aliphatic rings. The number of hydrogen-bond donors (Lipinski definition) is 3. The van der Waals surface area contributed by atoms with E-state index in [1.165, 1.54) is 0 Å². The van der Waals surface area contributed by atoms with Crippen molar-refractivity contribution in [2.24, 2.45) is 10.2 Å². The third-order valence-electron chi connectivity index (χ3n) is 2.72. The molecule has 102 valence electrons. The number of carbonyl (C=O) groups is 1. The van der Waals surface area contributed by atoms with Gasteiger partial charge in [-0.3, -0.25) is 24.5 Å². The van der Waals surface area contributed by atoms with E-state index >= 15 is 0 Å². The number of hydrogen-bond acceptors (Lipinski definition) is 6. The zero-order valence-electron chi connectivity index (χ0n) is 10.0. The molecule has 1 saturated heterocycles. The summed E-state index contributed by atoms with van der Waals surface area (Å²) in [5.74, 6) is -1.22. The van der Waals surface area contributed by atoms with Crippen LogP contribution in [0.25, 0.3) is 0 Å². The minimum Gasteiger partial charge on any atom is -0.493 e. The molecule has 0 aromatic carbocycles. The van der Waals surface area contributed by atoms with Gasteiger partial charge in [-0.15, -0.1) is 10.2 Å². The number of H-pyrrole nitrogens is 2. The summed E-state index contributed by atoms with van der Waals surface area (Å²) in [4.78, 5) is 39.4. The van der Waals surface area contributed by atoms with E-state index < -0.39 is 28.7 Å². The number of amides is 1. The molecule has 9 heteroatoms. The van der Waals surface area contributed by atoms with Crippen LogP contribution in [0.4, 0.5) is 5.69 Å². The molecule has 2 rings (SSSR count). The maximum atomic E-state index is 11.5. The lowest BCUT2D eigenvalue weighted by atomic mass is 10.4. The molecule has 1 aromatic rings. The maximum absolute atomic E-state index is 11.5. The van der Waals surface area contributed by atoms with Gasteiger partial charge in [0.2, 0.25) is 11.6 Å². The van der Waals surface area contributed by atoms with Crippen molar-refractivity contribution in [3.63, 3.8) is 0 Å². The number of aromatic hydroxyl groups is 1. The molecule has 1 aromatic heterocycles. The lowest BCUT2D eigenvalue weighted by molar-refractivity contribution is -0.119. The van der Waals surface area contributed by atoms with Crippen molar-refractivity contribution in [2.75, 3.05) is 19.6 Å². The fourth-order valence-corrected chi connectivity index (χ4v) is 1.83. The number of aromatic nitrogens is 2. The summed E-state index contributed by atoms with van der Waals surface area (Å²) in [5, 5.41) is 16.0. The van der Waals surface area contributed by atoms with Crippen LogP contribution >= 0.6 is 0 Å². The van der Waals surface area contributed by atoms with Gasteiger partial charge in [0, 0.05) is 0 Å². The number of aromatic amines is 2. The van der Waals surface area contributed by atoms with Crippen molar-refractivity contribution < 1.29 is 9.90 Å². The summed E-state index contributed by atoms with van der Waals surface area (Å²) in [6.07, 6.45) is 2.09. The van der Waals surface area contributed by atoms with Gasteiger partial charge < -0.3 is 5.11 Å². The summed E-state index contributed by atoms with van der Waals surface area (Å²) >= 11 is 0. The lowest BCUT2D eigenvalue weighted by Crippen LogP contribution is -2.25. The van der Waals surface area contributed by atoms with Gasteiger partial charge in [0.05, 0.1) is 6.54 Å². The fourth-order valence-electron chi connectivity index (χ4n) is 1.83. The monoisotopic (exact) mass is 267 g/mol. The van der Waals surface area contributed by atoms with Crippen LogP contribution in [0.1, 0.15) is 12.8 Å². The van der Waals surface area contributed by atoms with Crippen molar-refractivity contribution in [1.82, 2.24) is 14.9 Å². The van der Waals surface area contributed by atoms with E-state index in [1.807, 2.05) is 14.9 Å². The van der Waals surface area contributed by atoms with Crippen molar-refractivity contribution >= 4 is 11.6 Å². The molecule has 0 spiro atoms. The molecule has 0 unspecified atom stereocenters. The Kier molecular flexibility index (Phi) is 3.85. The summed E-state index contributed by atoms with van der Waals surface area (Å²) in [6, 6.07) is 0. The quantitative estimate of drug-likeness (QED) is 0.634. The highest BCUT2D eigenvalue weighted by molar-refractivity contribution is 5.78. The molecule has 0 radical (unpaired) electrons. The smallest absolute Gasteiger partial charge is 0.328 e. The van der Waals surface area contributed by atoms with Crippen molar-refractivity contribution in [3.05, 3.63) is 20.8 Å². The Hall–Kier alpha value is -2.29. The Bertz CT molecular complexity index is 611. The molecule has 19 heavy (non-hydrogen) atoms. The first kappa shape index (κ1) is 13.1. The molecular formula is C10H13N5O4. The Morgan fingerprint density at radius 3 is 2.58 bits per heavy atom.